The molecule has 5 nitrogen and oxygen atoms in total. The van der Waals surface area contributed by atoms with Gasteiger partial charge in [0.2, 0.25) is 0 Å². The molecule has 1 aliphatic heterocycles. The molecule has 0 saturated heterocycles. The van der Waals surface area contributed by atoms with Crippen molar-refractivity contribution < 1.29 is 19.1 Å². The normalized spacial score (nSPS) is 19.8. The van der Waals surface area contributed by atoms with Crippen LogP contribution in [0.1, 0.15) is 63.4 Å². The van der Waals surface area contributed by atoms with Crippen molar-refractivity contribution >= 4 is 27.5 Å². The number of rotatable bonds is 5. The summed E-state index contributed by atoms with van der Waals surface area (Å²) in [5, 5.41) is 0. The smallest absolute Gasteiger partial charge is 0.174 e. The van der Waals surface area contributed by atoms with Crippen molar-refractivity contribution in [3.63, 3.8) is 0 Å². The third kappa shape index (κ3) is 3.39. The van der Waals surface area contributed by atoms with Gasteiger partial charge in [-0.05, 0) is 65.7 Å². The van der Waals surface area contributed by atoms with Crippen LogP contribution in [0.2, 0.25) is 0 Å². The lowest BCUT2D eigenvalue weighted by Gasteiger charge is -2.44. The lowest BCUT2D eigenvalue weighted by molar-refractivity contribution is -0.117. The lowest BCUT2D eigenvalue weighted by Crippen LogP contribution is -2.39. The van der Waals surface area contributed by atoms with Crippen LogP contribution in [-0.2, 0) is 9.59 Å². The SMILES string of the molecule is CCCN1C2=C(C(=O)CCC2)C(c2cc(Br)c(OC)c(OC)c2)C2=C1CCCC2=O. The van der Waals surface area contributed by atoms with Gasteiger partial charge in [-0.15, -0.1) is 0 Å². The minimum atomic E-state index is -0.334. The van der Waals surface area contributed by atoms with Crippen molar-refractivity contribution in [1.29, 1.82) is 0 Å². The number of ether oxygens (including phenoxy) is 2. The second-order valence-corrected chi connectivity index (χ2v) is 8.95. The molecule has 0 aromatic heterocycles. The molecule has 0 N–H and O–H groups in total. The molecule has 1 aromatic rings. The number of carbonyl (C=O) groups is 2. The van der Waals surface area contributed by atoms with E-state index in [0.717, 1.165) is 71.2 Å². The maximum atomic E-state index is 13.2. The first-order valence-electron chi connectivity index (χ1n) is 10.7. The number of hydrogen-bond acceptors (Lipinski definition) is 5. The van der Waals surface area contributed by atoms with E-state index in [2.05, 4.69) is 27.8 Å². The van der Waals surface area contributed by atoms with Gasteiger partial charge in [-0.1, -0.05) is 6.92 Å². The maximum Gasteiger partial charge on any atom is 0.174 e. The van der Waals surface area contributed by atoms with E-state index in [-0.39, 0.29) is 17.5 Å². The molecule has 1 aromatic carbocycles. The number of benzene rings is 1. The Bertz CT molecular complexity index is 918. The highest BCUT2D eigenvalue weighted by molar-refractivity contribution is 9.10. The Labute approximate surface area is 186 Å². The molecule has 6 heteroatoms. The van der Waals surface area contributed by atoms with Gasteiger partial charge >= 0.3 is 0 Å². The molecule has 1 heterocycles. The Morgan fingerprint density at radius 2 is 1.57 bits per heavy atom. The van der Waals surface area contributed by atoms with Gasteiger partial charge in [-0.25, -0.2) is 0 Å². The van der Waals surface area contributed by atoms with Gasteiger partial charge in [0.15, 0.2) is 23.1 Å². The predicted octanol–water partition coefficient (Wildman–Crippen LogP) is 5.29. The summed E-state index contributed by atoms with van der Waals surface area (Å²) in [5.74, 6) is 1.20. The van der Waals surface area contributed by atoms with E-state index >= 15 is 0 Å². The standard InChI is InChI=1S/C24H28BrNO4/c1-4-11-26-16-7-5-9-18(27)22(16)21(23-17(26)8-6-10-19(23)28)14-12-15(25)24(30-3)20(13-14)29-2/h12-13,21H,4-11H2,1-3H3. The van der Waals surface area contributed by atoms with Gasteiger partial charge in [-0.3, -0.25) is 9.59 Å². The number of ketones is 2. The topological polar surface area (TPSA) is 55.8 Å². The number of nitrogens with zero attached hydrogens (tertiary/aromatic N) is 1. The van der Waals surface area contributed by atoms with Crippen LogP contribution in [0.15, 0.2) is 39.1 Å². The number of halogens is 1. The summed E-state index contributed by atoms with van der Waals surface area (Å²) < 4.78 is 11.8. The molecular weight excluding hydrogens is 446 g/mol. The number of hydrogen-bond donors (Lipinski definition) is 0. The van der Waals surface area contributed by atoms with E-state index in [0.29, 0.717) is 24.3 Å². The Morgan fingerprint density at radius 3 is 2.07 bits per heavy atom. The monoisotopic (exact) mass is 473 g/mol. The number of carbonyl (C=O) groups excluding carboxylic acids is 2. The third-order valence-electron chi connectivity index (χ3n) is 6.32. The summed E-state index contributed by atoms with van der Waals surface area (Å²) in [4.78, 5) is 28.7. The fourth-order valence-electron chi connectivity index (χ4n) is 5.15. The van der Waals surface area contributed by atoms with Crippen LogP contribution in [-0.4, -0.2) is 37.2 Å². The number of methoxy groups -OCH3 is 2. The fraction of sp³-hybridized carbons (Fsp3) is 0.500. The van der Waals surface area contributed by atoms with E-state index in [4.69, 9.17) is 9.47 Å². The zero-order valence-electron chi connectivity index (χ0n) is 17.8. The predicted molar refractivity (Wildman–Crippen MR) is 119 cm³/mol. The van der Waals surface area contributed by atoms with Crippen LogP contribution in [0.5, 0.6) is 11.5 Å². The molecule has 3 aliphatic rings. The quantitative estimate of drug-likeness (QED) is 0.581. The fourth-order valence-corrected chi connectivity index (χ4v) is 5.77. The van der Waals surface area contributed by atoms with E-state index in [1.54, 1.807) is 14.2 Å². The molecule has 0 unspecified atom stereocenters. The molecule has 160 valence electrons. The van der Waals surface area contributed by atoms with E-state index < -0.39 is 0 Å². The zero-order valence-corrected chi connectivity index (χ0v) is 19.4. The molecule has 0 fully saturated rings. The summed E-state index contributed by atoms with van der Waals surface area (Å²) >= 11 is 3.59. The average Bonchev–Trinajstić information content (AvgIpc) is 2.74. The van der Waals surface area contributed by atoms with E-state index in [9.17, 15) is 9.59 Å². The van der Waals surface area contributed by atoms with Gasteiger partial charge in [0.1, 0.15) is 0 Å². The first kappa shape index (κ1) is 21.2. The van der Waals surface area contributed by atoms with Gasteiger partial charge in [-0.2, -0.15) is 0 Å². The summed E-state index contributed by atoms with van der Waals surface area (Å²) in [7, 11) is 3.20. The molecule has 4 rings (SSSR count). The van der Waals surface area contributed by atoms with Crippen LogP contribution in [0, 0.1) is 0 Å². The molecule has 2 aliphatic carbocycles. The lowest BCUT2D eigenvalue weighted by atomic mass is 9.71. The van der Waals surface area contributed by atoms with Gasteiger partial charge in [0.25, 0.3) is 0 Å². The molecular formula is C24H28BrNO4. The number of Topliss-reactive ketones (excluding diaryl/α,β-unsaturated/α-hetero) is 2. The van der Waals surface area contributed by atoms with Gasteiger partial charge in [0, 0.05) is 47.8 Å². The van der Waals surface area contributed by atoms with Crippen molar-refractivity contribution in [3.8, 4) is 11.5 Å². The Morgan fingerprint density at radius 1 is 0.967 bits per heavy atom. The van der Waals surface area contributed by atoms with Crippen molar-refractivity contribution in [2.45, 2.75) is 57.8 Å². The van der Waals surface area contributed by atoms with Crippen molar-refractivity contribution in [3.05, 3.63) is 44.7 Å². The minimum absolute atomic E-state index is 0.165. The molecule has 0 saturated carbocycles. The molecule has 0 bridgehead atoms. The first-order valence-corrected chi connectivity index (χ1v) is 11.5. The largest absolute Gasteiger partial charge is 0.493 e. The minimum Gasteiger partial charge on any atom is -0.493 e. The second-order valence-electron chi connectivity index (χ2n) is 8.10. The van der Waals surface area contributed by atoms with Crippen LogP contribution >= 0.6 is 15.9 Å². The zero-order chi connectivity index (χ0) is 21.4. The number of allylic oxidation sites excluding steroid dienone is 4. The molecule has 30 heavy (non-hydrogen) atoms. The summed E-state index contributed by atoms with van der Waals surface area (Å²) in [6.45, 7) is 2.99. The third-order valence-corrected chi connectivity index (χ3v) is 6.91. The Hall–Kier alpha value is -2.08. The highest BCUT2D eigenvalue weighted by atomic mass is 79.9. The van der Waals surface area contributed by atoms with Crippen molar-refractivity contribution in [2.24, 2.45) is 0 Å². The average molecular weight is 474 g/mol. The van der Waals surface area contributed by atoms with Crippen LogP contribution in [0.25, 0.3) is 0 Å². The molecule has 0 amide bonds. The van der Waals surface area contributed by atoms with Crippen LogP contribution < -0.4 is 9.47 Å². The molecule has 0 spiro atoms. The van der Waals surface area contributed by atoms with E-state index in [1.165, 1.54) is 0 Å². The van der Waals surface area contributed by atoms with Gasteiger partial charge in [0.05, 0.1) is 18.7 Å². The van der Waals surface area contributed by atoms with E-state index in [1.807, 2.05) is 12.1 Å². The van der Waals surface area contributed by atoms with Crippen molar-refractivity contribution in [2.75, 3.05) is 20.8 Å². The molecule has 0 atom stereocenters. The van der Waals surface area contributed by atoms with Crippen LogP contribution in [0.3, 0.4) is 0 Å². The molecule has 0 radical (unpaired) electrons. The highest BCUT2D eigenvalue weighted by Gasteiger charge is 2.43. The van der Waals surface area contributed by atoms with Crippen LogP contribution in [0.4, 0.5) is 0 Å². The Balaban J connectivity index is 1.97. The first-order chi connectivity index (χ1) is 14.5. The van der Waals surface area contributed by atoms with Crippen molar-refractivity contribution in [1.82, 2.24) is 4.90 Å². The maximum absolute atomic E-state index is 13.2. The summed E-state index contributed by atoms with van der Waals surface area (Å²) in [6, 6.07) is 3.89. The summed E-state index contributed by atoms with van der Waals surface area (Å²) in [6.07, 6.45) is 5.57. The van der Waals surface area contributed by atoms with Gasteiger partial charge < -0.3 is 14.4 Å². The summed E-state index contributed by atoms with van der Waals surface area (Å²) in [5.41, 5.74) is 4.77. The highest BCUT2D eigenvalue weighted by Crippen LogP contribution is 2.51. The Kier molecular flexibility index (Phi) is 6.05. The second kappa shape index (κ2) is 8.58.